The number of ketones is 1. The minimum Gasteiger partial charge on any atom is -0.507 e. The molecule has 1 N–H and O–H groups in total. The number of benzene rings is 3. The number of hydrogen-bond donors (Lipinski definition) is 1. The fraction of sp³-hybridized carbons (Fsp3) is 0.312. The van der Waals surface area contributed by atoms with E-state index >= 15 is 0 Å². The molecule has 1 fully saturated rings. The third-order valence-corrected chi connectivity index (χ3v) is 6.55. The predicted octanol–water partition coefficient (Wildman–Crippen LogP) is 6.37. The molecule has 0 bridgehead atoms. The molecule has 0 saturated carbocycles. The zero-order chi connectivity index (χ0) is 28.3. The number of anilines is 1. The fourth-order valence-electron chi connectivity index (χ4n) is 4.69. The molecule has 0 aromatic heterocycles. The number of aliphatic hydroxyl groups is 1. The lowest BCUT2D eigenvalue weighted by Crippen LogP contribution is -2.29. The number of Topliss-reactive ketones (excluding diaryl/α,β-unsaturated/α-hetero) is 1. The number of carbonyl (C=O) groups is 2. The van der Waals surface area contributed by atoms with Crippen LogP contribution < -0.4 is 19.1 Å². The van der Waals surface area contributed by atoms with Crippen LogP contribution in [0, 0.1) is 19.8 Å². The Labute approximate surface area is 229 Å². The van der Waals surface area contributed by atoms with Crippen LogP contribution in [0.1, 0.15) is 49.1 Å². The number of carbonyl (C=O) groups excluding carboxylic acids is 2. The van der Waals surface area contributed by atoms with Crippen LogP contribution in [0.2, 0.25) is 0 Å². The van der Waals surface area contributed by atoms with E-state index in [-0.39, 0.29) is 11.3 Å². The Morgan fingerprint density at radius 2 is 1.69 bits per heavy atom. The molecule has 0 spiro atoms. The van der Waals surface area contributed by atoms with Crippen molar-refractivity contribution >= 4 is 23.1 Å². The summed E-state index contributed by atoms with van der Waals surface area (Å²) >= 11 is 0. The van der Waals surface area contributed by atoms with Crippen LogP contribution >= 0.6 is 0 Å². The molecule has 1 saturated heterocycles. The van der Waals surface area contributed by atoms with Gasteiger partial charge in [0.05, 0.1) is 31.9 Å². The summed E-state index contributed by atoms with van der Waals surface area (Å²) in [7, 11) is 1.53. The van der Waals surface area contributed by atoms with E-state index in [2.05, 4.69) is 13.8 Å². The third-order valence-electron chi connectivity index (χ3n) is 6.55. The van der Waals surface area contributed by atoms with E-state index in [1.807, 2.05) is 39.0 Å². The van der Waals surface area contributed by atoms with Gasteiger partial charge in [-0.3, -0.25) is 14.5 Å². The molecular weight excluding hydrogens is 494 g/mol. The number of ether oxygens (including phenoxy) is 3. The molecule has 1 unspecified atom stereocenters. The van der Waals surface area contributed by atoms with Crippen molar-refractivity contribution in [1.29, 1.82) is 0 Å². The summed E-state index contributed by atoms with van der Waals surface area (Å²) in [5.74, 6) is 0.350. The number of aryl methyl sites for hydroxylation is 2. The molecule has 204 valence electrons. The number of hydrogen-bond acceptors (Lipinski definition) is 6. The van der Waals surface area contributed by atoms with Crippen molar-refractivity contribution in [3.05, 3.63) is 88.5 Å². The second kappa shape index (κ2) is 11.6. The van der Waals surface area contributed by atoms with Crippen molar-refractivity contribution < 1.29 is 28.9 Å². The van der Waals surface area contributed by atoms with Gasteiger partial charge in [-0.25, -0.2) is 0 Å². The van der Waals surface area contributed by atoms with Gasteiger partial charge in [0.15, 0.2) is 11.5 Å². The van der Waals surface area contributed by atoms with Crippen LogP contribution in [0.4, 0.5) is 5.69 Å². The summed E-state index contributed by atoms with van der Waals surface area (Å²) in [6.07, 6.45) is 0. The van der Waals surface area contributed by atoms with Gasteiger partial charge in [-0.05, 0) is 85.8 Å². The van der Waals surface area contributed by atoms with Gasteiger partial charge in [0.2, 0.25) is 0 Å². The number of nitrogens with zero attached hydrogens (tertiary/aromatic N) is 1. The van der Waals surface area contributed by atoms with E-state index in [0.717, 1.165) is 11.1 Å². The van der Waals surface area contributed by atoms with Gasteiger partial charge < -0.3 is 19.3 Å². The average Bonchev–Trinajstić information content (AvgIpc) is 3.18. The van der Waals surface area contributed by atoms with Gasteiger partial charge in [-0.2, -0.15) is 0 Å². The topological polar surface area (TPSA) is 85.3 Å². The lowest BCUT2D eigenvalue weighted by atomic mass is 9.94. The van der Waals surface area contributed by atoms with Crippen molar-refractivity contribution in [3.63, 3.8) is 0 Å². The predicted molar refractivity (Wildman–Crippen MR) is 152 cm³/mol. The lowest BCUT2D eigenvalue weighted by molar-refractivity contribution is -0.132. The first-order valence-corrected chi connectivity index (χ1v) is 13.1. The van der Waals surface area contributed by atoms with E-state index in [9.17, 15) is 14.7 Å². The van der Waals surface area contributed by atoms with E-state index in [4.69, 9.17) is 14.2 Å². The van der Waals surface area contributed by atoms with E-state index in [1.54, 1.807) is 42.5 Å². The maximum atomic E-state index is 13.5. The Kier molecular flexibility index (Phi) is 8.29. The van der Waals surface area contributed by atoms with Crippen LogP contribution in [-0.2, 0) is 9.59 Å². The molecule has 1 aliphatic rings. The van der Waals surface area contributed by atoms with Crippen molar-refractivity contribution in [2.75, 3.05) is 25.2 Å². The molecular formula is C32H35NO6. The van der Waals surface area contributed by atoms with Gasteiger partial charge in [0.25, 0.3) is 11.7 Å². The summed E-state index contributed by atoms with van der Waals surface area (Å²) in [5, 5.41) is 11.5. The molecule has 39 heavy (non-hydrogen) atoms. The minimum atomic E-state index is -0.881. The summed E-state index contributed by atoms with van der Waals surface area (Å²) in [4.78, 5) is 28.5. The molecule has 0 radical (unpaired) electrons. The normalized spacial score (nSPS) is 16.6. The number of methoxy groups -OCH3 is 1. The van der Waals surface area contributed by atoms with E-state index in [0.29, 0.717) is 53.2 Å². The molecule has 0 aliphatic carbocycles. The third kappa shape index (κ3) is 5.62. The molecule has 1 aliphatic heterocycles. The van der Waals surface area contributed by atoms with Gasteiger partial charge in [-0.1, -0.05) is 32.0 Å². The molecule has 4 rings (SSSR count). The highest BCUT2D eigenvalue weighted by Gasteiger charge is 2.47. The maximum Gasteiger partial charge on any atom is 0.300 e. The van der Waals surface area contributed by atoms with Crippen LogP contribution in [0.15, 0.2) is 66.2 Å². The Balaban J connectivity index is 1.89. The summed E-state index contributed by atoms with van der Waals surface area (Å²) in [6.45, 7) is 10.8. The first-order chi connectivity index (χ1) is 18.7. The standard InChI is InChI=1S/C32H35NO6/c1-7-38-26-14-11-22(17-27(26)37-6)29-28(31(35)32(36)33(29)24-10-8-9-20(4)15-24)30(34)23-12-13-25(21(5)16-23)39-18-19(2)3/h8-17,19,29,34H,7,18H2,1-6H3/b30-28-. The van der Waals surface area contributed by atoms with Gasteiger partial charge in [-0.15, -0.1) is 0 Å². The molecule has 7 heteroatoms. The number of rotatable bonds is 9. The lowest BCUT2D eigenvalue weighted by Gasteiger charge is -2.26. The highest BCUT2D eigenvalue weighted by atomic mass is 16.5. The molecule has 1 heterocycles. The Hall–Kier alpha value is -4.26. The highest BCUT2D eigenvalue weighted by molar-refractivity contribution is 6.51. The zero-order valence-corrected chi connectivity index (χ0v) is 23.3. The van der Waals surface area contributed by atoms with Crippen LogP contribution in [0.3, 0.4) is 0 Å². The first-order valence-electron chi connectivity index (χ1n) is 13.1. The number of amides is 1. The maximum absolute atomic E-state index is 13.5. The monoisotopic (exact) mass is 529 g/mol. The average molecular weight is 530 g/mol. The van der Waals surface area contributed by atoms with Gasteiger partial charge >= 0.3 is 0 Å². The highest BCUT2D eigenvalue weighted by Crippen LogP contribution is 2.44. The van der Waals surface area contributed by atoms with Crippen LogP contribution in [-0.4, -0.2) is 37.1 Å². The first kappa shape index (κ1) is 27.8. The number of aliphatic hydroxyl groups excluding tert-OH is 1. The van der Waals surface area contributed by atoms with E-state index in [1.165, 1.54) is 12.0 Å². The second-order valence-electron chi connectivity index (χ2n) is 10.0. The Morgan fingerprint density at radius 1 is 0.949 bits per heavy atom. The van der Waals surface area contributed by atoms with Gasteiger partial charge in [0.1, 0.15) is 11.5 Å². The SMILES string of the molecule is CCOc1ccc(C2/C(=C(/O)c3ccc(OCC(C)C)c(C)c3)C(=O)C(=O)N2c2cccc(C)c2)cc1OC. The van der Waals surface area contributed by atoms with Crippen molar-refractivity contribution in [2.24, 2.45) is 5.92 Å². The zero-order valence-electron chi connectivity index (χ0n) is 23.3. The molecule has 3 aromatic rings. The largest absolute Gasteiger partial charge is 0.507 e. The summed E-state index contributed by atoms with van der Waals surface area (Å²) < 4.78 is 17.1. The van der Waals surface area contributed by atoms with Gasteiger partial charge in [0, 0.05) is 11.3 Å². The molecule has 1 amide bonds. The van der Waals surface area contributed by atoms with Crippen LogP contribution in [0.25, 0.3) is 5.76 Å². The smallest absolute Gasteiger partial charge is 0.300 e. The molecule has 7 nitrogen and oxygen atoms in total. The minimum absolute atomic E-state index is 0.00275. The Morgan fingerprint density at radius 3 is 2.33 bits per heavy atom. The fourth-order valence-corrected chi connectivity index (χ4v) is 4.69. The van der Waals surface area contributed by atoms with Crippen molar-refractivity contribution in [1.82, 2.24) is 0 Å². The van der Waals surface area contributed by atoms with Crippen LogP contribution in [0.5, 0.6) is 17.2 Å². The second-order valence-corrected chi connectivity index (χ2v) is 10.0. The van der Waals surface area contributed by atoms with Crippen molar-refractivity contribution in [3.8, 4) is 17.2 Å². The molecule has 3 aromatic carbocycles. The summed E-state index contributed by atoms with van der Waals surface area (Å²) in [5.41, 5.74) is 3.34. The summed E-state index contributed by atoms with van der Waals surface area (Å²) in [6, 6.07) is 17.0. The van der Waals surface area contributed by atoms with E-state index < -0.39 is 17.7 Å². The molecule has 1 atom stereocenters. The quantitative estimate of drug-likeness (QED) is 0.197. The Bertz CT molecular complexity index is 1420. The van der Waals surface area contributed by atoms with Crippen molar-refractivity contribution in [2.45, 2.75) is 40.7 Å².